The quantitative estimate of drug-likeness (QED) is 0.855. The molecule has 2 rings (SSSR count). The molecule has 96 valence electrons. The van der Waals surface area contributed by atoms with E-state index in [1.165, 1.54) is 12.8 Å². The smallest absolute Gasteiger partial charge is 0.123 e. The molecular weight excluding hydrogens is 244 g/mol. The molecule has 0 heterocycles. The van der Waals surface area contributed by atoms with Crippen LogP contribution >= 0.6 is 11.8 Å². The maximum Gasteiger partial charge on any atom is 0.123 e. The van der Waals surface area contributed by atoms with Gasteiger partial charge in [0.1, 0.15) is 5.75 Å². The number of ether oxygens (including phenoxy) is 1. The fourth-order valence-corrected chi connectivity index (χ4v) is 2.76. The third kappa shape index (κ3) is 2.98. The summed E-state index contributed by atoms with van der Waals surface area (Å²) in [6.07, 6.45) is 4.78. The first-order chi connectivity index (χ1) is 8.73. The Morgan fingerprint density at radius 3 is 2.83 bits per heavy atom. The van der Waals surface area contributed by atoms with Gasteiger partial charge in [-0.2, -0.15) is 17.0 Å². The van der Waals surface area contributed by atoms with Gasteiger partial charge in [0, 0.05) is 23.4 Å². The second-order valence-electron chi connectivity index (χ2n) is 4.63. The minimum Gasteiger partial charge on any atom is -0.496 e. The van der Waals surface area contributed by atoms with Crippen molar-refractivity contribution in [3.05, 3.63) is 29.3 Å². The Morgan fingerprint density at radius 1 is 1.50 bits per heavy atom. The zero-order chi connectivity index (χ0) is 13.0. The molecule has 1 N–H and O–H groups in total. The highest BCUT2D eigenvalue weighted by atomic mass is 32.2. The van der Waals surface area contributed by atoms with Crippen molar-refractivity contribution < 1.29 is 4.74 Å². The Labute approximate surface area is 113 Å². The maximum atomic E-state index is 8.91. The second-order valence-corrected chi connectivity index (χ2v) is 5.90. The van der Waals surface area contributed by atoms with Crippen LogP contribution in [0.1, 0.15) is 24.0 Å². The van der Waals surface area contributed by atoms with E-state index in [-0.39, 0.29) is 0 Å². The van der Waals surface area contributed by atoms with Crippen molar-refractivity contribution in [1.82, 2.24) is 5.32 Å². The lowest BCUT2D eigenvalue weighted by molar-refractivity contribution is 0.407. The average molecular weight is 262 g/mol. The molecule has 0 bridgehead atoms. The van der Waals surface area contributed by atoms with Crippen LogP contribution in [0, 0.1) is 11.3 Å². The number of thioether (sulfide) groups is 1. The van der Waals surface area contributed by atoms with E-state index in [2.05, 4.69) is 17.6 Å². The lowest BCUT2D eigenvalue weighted by atomic mass is 10.1. The molecule has 1 aromatic rings. The Kier molecular flexibility index (Phi) is 4.15. The summed E-state index contributed by atoms with van der Waals surface area (Å²) in [6.45, 7) is 1.77. The first kappa shape index (κ1) is 13.3. The number of nitrogens with one attached hydrogen (secondary N) is 1. The lowest BCUT2D eigenvalue weighted by Gasteiger charge is -2.14. The Morgan fingerprint density at radius 2 is 2.28 bits per heavy atom. The number of benzene rings is 1. The van der Waals surface area contributed by atoms with E-state index in [4.69, 9.17) is 10.00 Å². The molecule has 0 amide bonds. The first-order valence-corrected chi connectivity index (χ1v) is 7.28. The summed E-state index contributed by atoms with van der Waals surface area (Å²) >= 11 is 1.94. The molecule has 4 heteroatoms. The summed E-state index contributed by atoms with van der Waals surface area (Å²) in [7, 11) is 1.66. The number of hydrogen-bond donors (Lipinski definition) is 1. The van der Waals surface area contributed by atoms with Crippen LogP contribution in [0.5, 0.6) is 5.75 Å². The lowest BCUT2D eigenvalue weighted by Crippen LogP contribution is -2.25. The molecule has 1 aliphatic rings. The molecule has 3 nitrogen and oxygen atoms in total. The molecule has 0 unspecified atom stereocenters. The summed E-state index contributed by atoms with van der Waals surface area (Å²) < 4.78 is 5.77. The van der Waals surface area contributed by atoms with Crippen LogP contribution in [0.3, 0.4) is 0 Å². The highest BCUT2D eigenvalue weighted by Crippen LogP contribution is 2.46. The van der Waals surface area contributed by atoms with Crippen molar-refractivity contribution in [2.45, 2.75) is 24.1 Å². The van der Waals surface area contributed by atoms with Crippen LogP contribution in [0.2, 0.25) is 0 Å². The fraction of sp³-hybridized carbons (Fsp3) is 0.500. The SMILES string of the molecule is COc1ccc(C#N)cc1CNCC1(SC)CC1. The second kappa shape index (κ2) is 5.64. The normalized spacial score (nSPS) is 16.1. The van der Waals surface area contributed by atoms with E-state index >= 15 is 0 Å². The van der Waals surface area contributed by atoms with Gasteiger partial charge in [0.15, 0.2) is 0 Å². The van der Waals surface area contributed by atoms with Crippen molar-refractivity contribution >= 4 is 11.8 Å². The van der Waals surface area contributed by atoms with Crippen molar-refractivity contribution in [3.8, 4) is 11.8 Å². The third-order valence-corrected chi connectivity index (χ3v) is 4.83. The third-order valence-electron chi connectivity index (χ3n) is 3.41. The number of hydrogen-bond acceptors (Lipinski definition) is 4. The van der Waals surface area contributed by atoms with Crippen molar-refractivity contribution in [3.63, 3.8) is 0 Å². The van der Waals surface area contributed by atoms with Gasteiger partial charge in [0.05, 0.1) is 18.7 Å². The molecule has 0 aromatic heterocycles. The van der Waals surface area contributed by atoms with Crippen molar-refractivity contribution in [2.24, 2.45) is 0 Å². The van der Waals surface area contributed by atoms with Crippen molar-refractivity contribution in [1.29, 1.82) is 5.26 Å². The van der Waals surface area contributed by atoms with Gasteiger partial charge in [-0.05, 0) is 37.3 Å². The van der Waals surface area contributed by atoms with E-state index in [1.54, 1.807) is 13.2 Å². The van der Waals surface area contributed by atoms with Crippen LogP contribution in [-0.4, -0.2) is 24.7 Å². The van der Waals surface area contributed by atoms with Crippen LogP contribution in [0.15, 0.2) is 18.2 Å². The van der Waals surface area contributed by atoms with Gasteiger partial charge in [-0.25, -0.2) is 0 Å². The molecule has 0 spiro atoms. The molecule has 0 aliphatic heterocycles. The maximum absolute atomic E-state index is 8.91. The average Bonchev–Trinajstić information content (AvgIpc) is 3.19. The van der Waals surface area contributed by atoms with E-state index < -0.39 is 0 Å². The van der Waals surface area contributed by atoms with Crippen LogP contribution < -0.4 is 10.1 Å². The minimum atomic E-state index is 0.458. The number of methoxy groups -OCH3 is 1. The molecule has 1 aliphatic carbocycles. The molecule has 0 atom stereocenters. The summed E-state index contributed by atoms with van der Waals surface area (Å²) in [5, 5.41) is 12.4. The van der Waals surface area contributed by atoms with E-state index in [1.807, 2.05) is 23.9 Å². The van der Waals surface area contributed by atoms with Crippen molar-refractivity contribution in [2.75, 3.05) is 19.9 Å². The molecular formula is C14H18N2OS. The topological polar surface area (TPSA) is 45.0 Å². The zero-order valence-electron chi connectivity index (χ0n) is 10.8. The Hall–Kier alpha value is -1.18. The molecule has 1 saturated carbocycles. The van der Waals surface area contributed by atoms with Gasteiger partial charge in [0.25, 0.3) is 0 Å². The van der Waals surface area contributed by atoms with E-state index in [9.17, 15) is 0 Å². The van der Waals surface area contributed by atoms with Gasteiger partial charge < -0.3 is 10.1 Å². The van der Waals surface area contributed by atoms with Gasteiger partial charge in [-0.3, -0.25) is 0 Å². The predicted molar refractivity (Wildman–Crippen MR) is 74.9 cm³/mol. The summed E-state index contributed by atoms with van der Waals surface area (Å²) in [5.41, 5.74) is 1.73. The predicted octanol–water partition coefficient (Wildman–Crippen LogP) is 2.55. The standard InChI is InChI=1S/C14H18N2OS/c1-17-13-4-3-11(8-15)7-12(13)9-16-10-14(18-2)5-6-14/h3-4,7,16H,5-6,9-10H2,1-2H3. The van der Waals surface area contributed by atoms with Gasteiger partial charge in [-0.1, -0.05) is 0 Å². The minimum absolute atomic E-state index is 0.458. The first-order valence-electron chi connectivity index (χ1n) is 6.06. The van der Waals surface area contributed by atoms with Crippen LogP contribution in [0.25, 0.3) is 0 Å². The highest BCUT2D eigenvalue weighted by molar-refractivity contribution is 8.00. The summed E-state index contributed by atoms with van der Waals surface area (Å²) in [5.74, 6) is 0.843. The summed E-state index contributed by atoms with van der Waals surface area (Å²) in [4.78, 5) is 0. The number of rotatable bonds is 6. The van der Waals surface area contributed by atoms with Gasteiger partial charge >= 0.3 is 0 Å². The monoisotopic (exact) mass is 262 g/mol. The number of nitriles is 1. The molecule has 0 radical (unpaired) electrons. The Bertz CT molecular complexity index is 463. The number of nitrogens with zero attached hydrogens (tertiary/aromatic N) is 1. The zero-order valence-corrected chi connectivity index (χ0v) is 11.6. The van der Waals surface area contributed by atoms with Crippen LogP contribution in [-0.2, 0) is 6.54 Å². The van der Waals surface area contributed by atoms with Crippen LogP contribution in [0.4, 0.5) is 0 Å². The summed E-state index contributed by atoms with van der Waals surface area (Å²) in [6, 6.07) is 7.70. The van der Waals surface area contributed by atoms with Gasteiger partial charge in [-0.15, -0.1) is 0 Å². The van der Waals surface area contributed by atoms with Gasteiger partial charge in [0.2, 0.25) is 0 Å². The largest absolute Gasteiger partial charge is 0.496 e. The van der Waals surface area contributed by atoms with E-state index in [0.717, 1.165) is 24.4 Å². The van der Waals surface area contributed by atoms with E-state index in [0.29, 0.717) is 10.3 Å². The molecule has 1 aromatic carbocycles. The molecule has 0 saturated heterocycles. The fourth-order valence-electron chi connectivity index (χ4n) is 2.00. The molecule has 18 heavy (non-hydrogen) atoms. The highest BCUT2D eigenvalue weighted by Gasteiger charge is 2.41. The Balaban J connectivity index is 1.97. The molecule has 1 fully saturated rings.